The van der Waals surface area contributed by atoms with E-state index in [0.29, 0.717) is 19.8 Å². The lowest BCUT2D eigenvalue weighted by atomic mass is 10.0. The summed E-state index contributed by atoms with van der Waals surface area (Å²) < 4.78 is 11.8. The predicted molar refractivity (Wildman–Crippen MR) is 103 cm³/mol. The standard InChI is InChI=1S/C20H22N2O2S/c1-3-23-18-11-16(17-13-25-20(12-21)22-17)19(24-4-2)10-15(18)14-8-6-5-7-9-14/h5-11,13H,3-4,12,21H2,1-2H3. The minimum Gasteiger partial charge on any atom is -0.493 e. The Bertz CT molecular complexity index is 831. The highest BCUT2D eigenvalue weighted by atomic mass is 32.1. The Hall–Kier alpha value is -2.37. The SMILES string of the molecule is CCOc1cc(-c2csc(CN)n2)c(OCC)cc1-c1ccccc1. The van der Waals surface area contributed by atoms with Crippen molar-refractivity contribution in [1.82, 2.24) is 4.98 Å². The lowest BCUT2D eigenvalue weighted by Crippen LogP contribution is -2.00. The van der Waals surface area contributed by atoms with Crippen LogP contribution in [0.25, 0.3) is 22.4 Å². The maximum absolute atomic E-state index is 5.92. The summed E-state index contributed by atoms with van der Waals surface area (Å²) in [6.45, 7) is 5.59. The van der Waals surface area contributed by atoms with Crippen molar-refractivity contribution in [2.45, 2.75) is 20.4 Å². The minimum absolute atomic E-state index is 0.440. The van der Waals surface area contributed by atoms with Crippen molar-refractivity contribution in [3.63, 3.8) is 0 Å². The third-order valence-corrected chi connectivity index (χ3v) is 4.64. The van der Waals surface area contributed by atoms with Crippen LogP contribution in [0.1, 0.15) is 18.9 Å². The van der Waals surface area contributed by atoms with Crippen LogP contribution in [-0.4, -0.2) is 18.2 Å². The molecule has 0 aliphatic rings. The molecule has 0 atom stereocenters. The van der Waals surface area contributed by atoms with Crippen LogP contribution < -0.4 is 15.2 Å². The normalized spacial score (nSPS) is 10.7. The first-order valence-electron chi connectivity index (χ1n) is 8.40. The largest absolute Gasteiger partial charge is 0.493 e. The second kappa shape index (κ2) is 8.14. The second-order valence-corrected chi connectivity index (χ2v) is 6.35. The average Bonchev–Trinajstić information content (AvgIpc) is 3.13. The maximum Gasteiger partial charge on any atom is 0.129 e. The van der Waals surface area contributed by atoms with E-state index >= 15 is 0 Å². The molecular formula is C20H22N2O2S. The number of thiazole rings is 1. The fourth-order valence-corrected chi connectivity index (χ4v) is 3.36. The van der Waals surface area contributed by atoms with Crippen LogP contribution in [0, 0.1) is 0 Å². The Morgan fingerprint density at radius 2 is 1.60 bits per heavy atom. The molecule has 0 saturated carbocycles. The van der Waals surface area contributed by atoms with E-state index in [1.54, 1.807) is 11.3 Å². The molecule has 4 nitrogen and oxygen atoms in total. The molecule has 0 aliphatic carbocycles. The summed E-state index contributed by atoms with van der Waals surface area (Å²) in [6.07, 6.45) is 0. The summed E-state index contributed by atoms with van der Waals surface area (Å²) in [4.78, 5) is 4.60. The molecule has 3 aromatic rings. The van der Waals surface area contributed by atoms with Gasteiger partial charge in [-0.15, -0.1) is 11.3 Å². The van der Waals surface area contributed by atoms with Crippen LogP contribution in [0.15, 0.2) is 47.8 Å². The van der Waals surface area contributed by atoms with E-state index in [1.807, 2.05) is 49.6 Å². The molecule has 0 unspecified atom stereocenters. The van der Waals surface area contributed by atoms with Gasteiger partial charge in [-0.1, -0.05) is 30.3 Å². The van der Waals surface area contributed by atoms with Crippen molar-refractivity contribution >= 4 is 11.3 Å². The average molecular weight is 354 g/mol. The number of benzene rings is 2. The number of nitrogens with zero attached hydrogens (tertiary/aromatic N) is 1. The Labute approximate surface area is 152 Å². The van der Waals surface area contributed by atoms with E-state index in [9.17, 15) is 0 Å². The summed E-state index contributed by atoms with van der Waals surface area (Å²) in [7, 11) is 0. The molecule has 5 heteroatoms. The third kappa shape index (κ3) is 3.83. The zero-order chi connectivity index (χ0) is 17.6. The lowest BCUT2D eigenvalue weighted by molar-refractivity contribution is 0.333. The van der Waals surface area contributed by atoms with Crippen molar-refractivity contribution in [2.24, 2.45) is 5.73 Å². The van der Waals surface area contributed by atoms with E-state index < -0.39 is 0 Å². The highest BCUT2D eigenvalue weighted by Crippen LogP contribution is 2.41. The van der Waals surface area contributed by atoms with Crippen LogP contribution in [0.4, 0.5) is 0 Å². The molecular weight excluding hydrogens is 332 g/mol. The fraction of sp³-hybridized carbons (Fsp3) is 0.250. The van der Waals surface area contributed by atoms with Crippen molar-refractivity contribution < 1.29 is 9.47 Å². The number of hydrogen-bond acceptors (Lipinski definition) is 5. The van der Waals surface area contributed by atoms with Crippen LogP contribution >= 0.6 is 11.3 Å². The summed E-state index contributed by atoms with van der Waals surface area (Å²) >= 11 is 1.56. The van der Waals surface area contributed by atoms with Gasteiger partial charge in [-0.2, -0.15) is 0 Å². The molecule has 25 heavy (non-hydrogen) atoms. The van der Waals surface area contributed by atoms with Crippen LogP contribution in [0.3, 0.4) is 0 Å². The molecule has 1 aromatic heterocycles. The van der Waals surface area contributed by atoms with Gasteiger partial charge in [-0.3, -0.25) is 0 Å². The van der Waals surface area contributed by atoms with Crippen molar-refractivity contribution in [3.05, 3.63) is 52.9 Å². The number of rotatable bonds is 7. The van der Waals surface area contributed by atoms with Gasteiger partial charge in [0.15, 0.2) is 0 Å². The number of ether oxygens (including phenoxy) is 2. The molecule has 3 rings (SSSR count). The second-order valence-electron chi connectivity index (χ2n) is 5.41. The minimum atomic E-state index is 0.440. The van der Waals surface area contributed by atoms with Gasteiger partial charge in [-0.05, 0) is 31.5 Å². The molecule has 0 radical (unpaired) electrons. The number of aromatic nitrogens is 1. The quantitative estimate of drug-likeness (QED) is 0.666. The van der Waals surface area contributed by atoms with Crippen molar-refractivity contribution in [1.29, 1.82) is 0 Å². The van der Waals surface area contributed by atoms with Gasteiger partial charge in [0.1, 0.15) is 16.5 Å². The molecule has 0 bridgehead atoms. The Morgan fingerprint density at radius 1 is 0.960 bits per heavy atom. The maximum atomic E-state index is 5.92. The zero-order valence-corrected chi connectivity index (χ0v) is 15.3. The van der Waals surface area contributed by atoms with Gasteiger partial charge < -0.3 is 15.2 Å². The van der Waals surface area contributed by atoms with Crippen LogP contribution in [0.2, 0.25) is 0 Å². The summed E-state index contributed by atoms with van der Waals surface area (Å²) in [6, 6.07) is 14.3. The van der Waals surface area contributed by atoms with Gasteiger partial charge in [0.25, 0.3) is 0 Å². The molecule has 0 amide bonds. The highest BCUT2D eigenvalue weighted by Gasteiger charge is 2.17. The third-order valence-electron chi connectivity index (χ3n) is 3.77. The van der Waals surface area contributed by atoms with Gasteiger partial charge in [-0.25, -0.2) is 4.98 Å². The monoisotopic (exact) mass is 354 g/mol. The van der Waals surface area contributed by atoms with E-state index in [-0.39, 0.29) is 0 Å². The summed E-state index contributed by atoms with van der Waals surface area (Å²) in [5.74, 6) is 1.63. The first-order valence-corrected chi connectivity index (χ1v) is 9.28. The summed E-state index contributed by atoms with van der Waals surface area (Å²) in [5, 5.41) is 2.92. The van der Waals surface area contributed by atoms with Gasteiger partial charge in [0.2, 0.25) is 0 Å². The molecule has 2 aromatic carbocycles. The Balaban J connectivity index is 2.16. The topological polar surface area (TPSA) is 57.4 Å². The summed E-state index contributed by atoms with van der Waals surface area (Å²) in [5.41, 5.74) is 9.62. The predicted octanol–water partition coefficient (Wildman–Crippen LogP) is 4.73. The molecule has 0 aliphatic heterocycles. The molecule has 1 heterocycles. The van der Waals surface area contributed by atoms with Gasteiger partial charge in [0, 0.05) is 23.1 Å². The van der Waals surface area contributed by atoms with Crippen LogP contribution in [-0.2, 0) is 6.54 Å². The number of nitrogens with two attached hydrogens (primary N) is 1. The lowest BCUT2D eigenvalue weighted by Gasteiger charge is -2.16. The van der Waals surface area contributed by atoms with E-state index in [4.69, 9.17) is 15.2 Å². The Kier molecular flexibility index (Phi) is 5.68. The van der Waals surface area contributed by atoms with Gasteiger partial charge >= 0.3 is 0 Å². The molecule has 0 fully saturated rings. The highest BCUT2D eigenvalue weighted by molar-refractivity contribution is 7.09. The number of hydrogen-bond donors (Lipinski definition) is 1. The first kappa shape index (κ1) is 17.5. The van der Waals surface area contributed by atoms with Crippen molar-refractivity contribution in [3.8, 4) is 33.9 Å². The Morgan fingerprint density at radius 3 is 2.20 bits per heavy atom. The van der Waals surface area contributed by atoms with Crippen LogP contribution in [0.5, 0.6) is 11.5 Å². The fourth-order valence-electron chi connectivity index (χ4n) is 2.68. The molecule has 130 valence electrons. The molecule has 0 spiro atoms. The zero-order valence-electron chi connectivity index (χ0n) is 14.5. The van der Waals surface area contributed by atoms with Gasteiger partial charge in [0.05, 0.1) is 18.9 Å². The molecule has 0 saturated heterocycles. The first-order chi connectivity index (χ1) is 12.3. The van der Waals surface area contributed by atoms with E-state index in [2.05, 4.69) is 17.1 Å². The smallest absolute Gasteiger partial charge is 0.129 e. The van der Waals surface area contributed by atoms with E-state index in [0.717, 1.165) is 38.9 Å². The molecule has 2 N–H and O–H groups in total. The van der Waals surface area contributed by atoms with E-state index in [1.165, 1.54) is 0 Å². The van der Waals surface area contributed by atoms with Crippen molar-refractivity contribution in [2.75, 3.05) is 13.2 Å².